The van der Waals surface area contributed by atoms with Gasteiger partial charge in [-0.2, -0.15) is 17.5 Å². The second-order valence-electron chi connectivity index (χ2n) is 7.56. The molecule has 2 aromatic carbocycles. The van der Waals surface area contributed by atoms with E-state index in [1.165, 1.54) is 11.2 Å². The Morgan fingerprint density at radius 2 is 1.58 bits per heavy atom. The lowest BCUT2D eigenvalue weighted by Crippen LogP contribution is -2.41. The van der Waals surface area contributed by atoms with Gasteiger partial charge in [-0.3, -0.25) is 9.59 Å². The average molecular weight is 487 g/mol. The first-order chi connectivity index (χ1) is 15.4. The van der Waals surface area contributed by atoms with Crippen molar-refractivity contribution in [2.75, 3.05) is 23.7 Å². The largest absolute Gasteiger partial charge is 0.416 e. The zero-order valence-corrected chi connectivity index (χ0v) is 18.3. The molecule has 1 fully saturated rings. The molecule has 1 aliphatic rings. The van der Waals surface area contributed by atoms with E-state index >= 15 is 0 Å². The maximum Gasteiger partial charge on any atom is 0.416 e. The summed E-state index contributed by atoms with van der Waals surface area (Å²) < 4.78 is 78.9. The summed E-state index contributed by atoms with van der Waals surface area (Å²) in [7, 11) is -3.87. The number of hydrogen-bond acceptors (Lipinski definition) is 4. The highest BCUT2D eigenvalue weighted by Crippen LogP contribution is 2.35. The maximum atomic E-state index is 13.1. The van der Waals surface area contributed by atoms with Crippen molar-refractivity contribution in [1.82, 2.24) is 4.31 Å². The van der Waals surface area contributed by atoms with Crippen molar-refractivity contribution in [3.05, 3.63) is 53.8 Å². The molecule has 2 N–H and O–H groups in total. The third-order valence-corrected chi connectivity index (χ3v) is 7.10. The second kappa shape index (κ2) is 9.48. The van der Waals surface area contributed by atoms with Crippen LogP contribution >= 0.6 is 0 Å². The number of anilines is 2. The number of sulfonamides is 1. The van der Waals surface area contributed by atoms with Crippen LogP contribution in [0.4, 0.5) is 28.9 Å². The Kier molecular flexibility index (Phi) is 7.08. The summed E-state index contributed by atoms with van der Waals surface area (Å²) in [6.07, 6.45) is -4.37. The van der Waals surface area contributed by atoms with Gasteiger partial charge in [-0.15, -0.1) is 0 Å². The molecule has 0 aromatic heterocycles. The van der Waals surface area contributed by atoms with Gasteiger partial charge in [0, 0.05) is 25.9 Å². The topological polar surface area (TPSA) is 95.6 Å². The molecule has 3 rings (SSSR count). The van der Waals surface area contributed by atoms with Crippen LogP contribution in [0.15, 0.2) is 47.4 Å². The van der Waals surface area contributed by atoms with Gasteiger partial charge in [-0.1, -0.05) is 0 Å². The van der Waals surface area contributed by atoms with Gasteiger partial charge in [0.2, 0.25) is 21.8 Å². The molecule has 7 nitrogen and oxygen atoms in total. The third kappa shape index (κ3) is 5.88. The molecule has 0 bridgehead atoms. The van der Waals surface area contributed by atoms with Crippen LogP contribution in [0.5, 0.6) is 0 Å². The van der Waals surface area contributed by atoms with Crippen molar-refractivity contribution in [3.63, 3.8) is 0 Å². The van der Waals surface area contributed by atoms with Crippen molar-refractivity contribution in [2.45, 2.75) is 30.8 Å². The van der Waals surface area contributed by atoms with E-state index in [0.717, 1.165) is 42.5 Å². The highest BCUT2D eigenvalue weighted by atomic mass is 32.2. The number of hydrogen-bond donors (Lipinski definition) is 2. The van der Waals surface area contributed by atoms with Crippen molar-refractivity contribution >= 4 is 33.2 Å². The predicted molar refractivity (Wildman–Crippen MR) is 112 cm³/mol. The lowest BCUT2D eigenvalue weighted by atomic mass is 9.97. The lowest BCUT2D eigenvalue weighted by molar-refractivity contribution is -0.137. The van der Waals surface area contributed by atoms with Crippen LogP contribution in [0.3, 0.4) is 0 Å². The predicted octanol–water partition coefficient (Wildman–Crippen LogP) is 3.84. The fourth-order valence-corrected chi connectivity index (χ4v) is 4.94. The molecule has 0 atom stereocenters. The summed E-state index contributed by atoms with van der Waals surface area (Å²) in [5.41, 5.74) is -1.18. The summed E-state index contributed by atoms with van der Waals surface area (Å²) in [6.45, 7) is 1.21. The minimum absolute atomic E-state index is 0.0128. The number of rotatable bonds is 5. The number of amides is 2. The number of benzene rings is 2. The highest BCUT2D eigenvalue weighted by molar-refractivity contribution is 7.89. The number of alkyl halides is 3. The minimum Gasteiger partial charge on any atom is -0.325 e. The third-order valence-electron chi connectivity index (χ3n) is 5.19. The van der Waals surface area contributed by atoms with E-state index in [1.54, 1.807) is 0 Å². The van der Waals surface area contributed by atoms with E-state index in [1.807, 2.05) is 0 Å². The number of halogens is 4. The van der Waals surface area contributed by atoms with Crippen molar-refractivity contribution in [1.29, 1.82) is 0 Å². The fraction of sp³-hybridized carbons (Fsp3) is 0.333. The van der Waals surface area contributed by atoms with Gasteiger partial charge < -0.3 is 10.6 Å². The van der Waals surface area contributed by atoms with Gasteiger partial charge in [0.1, 0.15) is 5.82 Å². The number of carbonyl (C=O) groups is 2. The molecule has 178 valence electrons. The van der Waals surface area contributed by atoms with Crippen LogP contribution in [0.2, 0.25) is 0 Å². The van der Waals surface area contributed by atoms with Crippen molar-refractivity contribution in [2.24, 2.45) is 5.92 Å². The van der Waals surface area contributed by atoms with Gasteiger partial charge in [-0.05, 0) is 55.3 Å². The van der Waals surface area contributed by atoms with Gasteiger partial charge in [0.15, 0.2) is 0 Å². The Balaban J connectivity index is 1.71. The molecule has 0 spiro atoms. The molecule has 0 saturated carbocycles. The summed E-state index contributed by atoms with van der Waals surface area (Å²) >= 11 is 0. The summed E-state index contributed by atoms with van der Waals surface area (Å²) in [4.78, 5) is 24.0. The molecule has 1 aliphatic heterocycles. The van der Waals surface area contributed by atoms with Crippen LogP contribution in [0.1, 0.15) is 25.3 Å². The first kappa shape index (κ1) is 24.6. The lowest BCUT2D eigenvalue weighted by Gasteiger charge is -2.30. The van der Waals surface area contributed by atoms with Gasteiger partial charge in [-0.25, -0.2) is 12.8 Å². The first-order valence-electron chi connectivity index (χ1n) is 9.93. The Hall–Kier alpha value is -2.99. The SMILES string of the molecule is CC(=O)Nc1ccc(C(F)(F)F)cc1NC(=O)C1CCN(S(=O)(=O)c2ccc(F)cc2)CC1. The summed E-state index contributed by atoms with van der Waals surface area (Å²) in [6, 6.07) is 6.96. The number of nitrogens with one attached hydrogen (secondary N) is 2. The molecule has 0 unspecified atom stereocenters. The Morgan fingerprint density at radius 3 is 2.12 bits per heavy atom. The summed E-state index contributed by atoms with van der Waals surface area (Å²) in [5, 5.41) is 4.80. The van der Waals surface area contributed by atoms with E-state index in [9.17, 15) is 35.6 Å². The molecule has 1 heterocycles. The van der Waals surface area contributed by atoms with E-state index in [-0.39, 0.29) is 42.2 Å². The van der Waals surface area contributed by atoms with Crippen LogP contribution in [-0.2, 0) is 25.8 Å². The van der Waals surface area contributed by atoms with E-state index in [4.69, 9.17) is 0 Å². The summed E-state index contributed by atoms with van der Waals surface area (Å²) in [5.74, 6) is -2.33. The van der Waals surface area contributed by atoms with Crippen LogP contribution in [0.25, 0.3) is 0 Å². The Labute approximate surface area is 187 Å². The zero-order chi connectivity index (χ0) is 24.4. The molecular weight excluding hydrogens is 466 g/mol. The van der Waals surface area contributed by atoms with Gasteiger partial charge >= 0.3 is 6.18 Å². The Bertz CT molecular complexity index is 1140. The number of nitrogens with zero attached hydrogens (tertiary/aromatic N) is 1. The average Bonchev–Trinajstić information content (AvgIpc) is 2.74. The maximum absolute atomic E-state index is 13.1. The molecule has 12 heteroatoms. The van der Waals surface area contributed by atoms with E-state index in [0.29, 0.717) is 0 Å². The molecule has 0 aliphatic carbocycles. The smallest absolute Gasteiger partial charge is 0.325 e. The van der Waals surface area contributed by atoms with Gasteiger partial charge in [0.25, 0.3) is 0 Å². The van der Waals surface area contributed by atoms with Crippen LogP contribution in [0, 0.1) is 11.7 Å². The zero-order valence-electron chi connectivity index (χ0n) is 17.4. The molecule has 2 amide bonds. The van der Waals surface area contributed by atoms with Crippen molar-refractivity contribution in [3.8, 4) is 0 Å². The minimum atomic E-state index is -4.64. The van der Waals surface area contributed by atoms with E-state index in [2.05, 4.69) is 10.6 Å². The van der Waals surface area contributed by atoms with E-state index < -0.39 is 45.3 Å². The molecular formula is C21H21F4N3O4S. The van der Waals surface area contributed by atoms with Crippen LogP contribution in [-0.4, -0.2) is 37.6 Å². The molecule has 2 aromatic rings. The van der Waals surface area contributed by atoms with Crippen molar-refractivity contribution < 1.29 is 35.6 Å². The molecule has 0 radical (unpaired) electrons. The quantitative estimate of drug-likeness (QED) is 0.627. The number of piperidine rings is 1. The molecule has 1 saturated heterocycles. The standard InChI is InChI=1S/C21H21F4N3O4S/c1-13(29)26-18-7-2-15(21(23,24)25)12-19(18)27-20(30)14-8-10-28(11-9-14)33(31,32)17-5-3-16(22)4-6-17/h2-7,12,14H,8-11H2,1H3,(H,26,29)(H,27,30). The Morgan fingerprint density at radius 1 is 0.970 bits per heavy atom. The number of carbonyl (C=O) groups excluding carboxylic acids is 2. The molecule has 33 heavy (non-hydrogen) atoms. The highest BCUT2D eigenvalue weighted by Gasteiger charge is 2.34. The monoisotopic (exact) mass is 487 g/mol. The second-order valence-corrected chi connectivity index (χ2v) is 9.50. The normalized spacial score (nSPS) is 15.8. The fourth-order valence-electron chi connectivity index (χ4n) is 3.47. The first-order valence-corrected chi connectivity index (χ1v) is 11.4. The van der Waals surface area contributed by atoms with Crippen LogP contribution < -0.4 is 10.6 Å². The van der Waals surface area contributed by atoms with Gasteiger partial charge in [0.05, 0.1) is 21.8 Å².